The number of amidine groups is 1. The highest BCUT2D eigenvalue weighted by Gasteiger charge is 2.19. The van der Waals surface area contributed by atoms with E-state index in [1.807, 2.05) is 17.5 Å². The Kier molecular flexibility index (Phi) is 8.03. The van der Waals surface area contributed by atoms with Gasteiger partial charge in [-0.2, -0.15) is 0 Å². The number of halogens is 2. The van der Waals surface area contributed by atoms with Gasteiger partial charge in [-0.15, -0.1) is 36.2 Å². The Morgan fingerprint density at radius 1 is 1.29 bits per heavy atom. The topological polar surface area (TPSA) is 44.9 Å². The van der Waals surface area contributed by atoms with Gasteiger partial charge in [-0.1, -0.05) is 6.07 Å². The lowest BCUT2D eigenvalue weighted by molar-refractivity contribution is 0.414. The molecule has 0 atom stereocenters. The van der Waals surface area contributed by atoms with Crippen molar-refractivity contribution >= 4 is 53.4 Å². The first-order valence-corrected chi connectivity index (χ1v) is 8.42. The highest BCUT2D eigenvalue weighted by atomic mass is 35.5. The molecule has 4 nitrogen and oxygen atoms in total. The lowest BCUT2D eigenvalue weighted by Gasteiger charge is -2.21. The quantitative estimate of drug-likeness (QED) is 0.630. The van der Waals surface area contributed by atoms with Crippen LogP contribution in [-0.4, -0.2) is 44.5 Å². The molecule has 2 aromatic rings. The van der Waals surface area contributed by atoms with Crippen LogP contribution in [0.1, 0.15) is 10.4 Å². The van der Waals surface area contributed by atoms with Gasteiger partial charge in [-0.3, -0.25) is 0 Å². The summed E-state index contributed by atoms with van der Waals surface area (Å²) in [5, 5.41) is 2.02. The molecule has 132 valence electrons. The number of nitrogens with zero attached hydrogens (tertiary/aromatic N) is 3. The van der Waals surface area contributed by atoms with Crippen molar-refractivity contribution in [3.05, 3.63) is 46.2 Å². The van der Waals surface area contributed by atoms with E-state index in [4.69, 9.17) is 5.73 Å². The summed E-state index contributed by atoms with van der Waals surface area (Å²) in [4.78, 5) is 10.2. The van der Waals surface area contributed by atoms with E-state index < -0.39 is 0 Å². The van der Waals surface area contributed by atoms with E-state index >= 15 is 0 Å². The maximum atomic E-state index is 6.07. The summed E-state index contributed by atoms with van der Waals surface area (Å²) in [6.07, 6.45) is 1.09. The van der Waals surface area contributed by atoms with Crippen molar-refractivity contribution in [3.63, 3.8) is 0 Å². The molecule has 0 fully saturated rings. The van der Waals surface area contributed by atoms with Crippen molar-refractivity contribution in [3.8, 4) is 0 Å². The Morgan fingerprint density at radius 3 is 2.75 bits per heavy atom. The summed E-state index contributed by atoms with van der Waals surface area (Å²) in [5.41, 5.74) is 9.73. The number of likely N-dealkylation sites (N-methyl/N-ethyl adjacent to an activating group) is 1. The summed E-state index contributed by atoms with van der Waals surface area (Å²) in [5.74, 6) is 0.595. The van der Waals surface area contributed by atoms with Crippen LogP contribution in [0.4, 0.5) is 11.4 Å². The minimum absolute atomic E-state index is 0. The van der Waals surface area contributed by atoms with Crippen LogP contribution in [0.5, 0.6) is 0 Å². The van der Waals surface area contributed by atoms with Crippen molar-refractivity contribution in [2.45, 2.75) is 6.42 Å². The Bertz CT molecular complexity index is 671. The Hall–Kier alpha value is -1.27. The van der Waals surface area contributed by atoms with Crippen LogP contribution in [0, 0.1) is 0 Å². The first kappa shape index (κ1) is 20.8. The van der Waals surface area contributed by atoms with Crippen molar-refractivity contribution in [1.82, 2.24) is 4.90 Å². The summed E-state index contributed by atoms with van der Waals surface area (Å²) in [6.45, 7) is 3.24. The van der Waals surface area contributed by atoms with Crippen LogP contribution < -0.4 is 10.6 Å². The van der Waals surface area contributed by atoms with Gasteiger partial charge in [0.2, 0.25) is 0 Å². The molecule has 0 saturated carbocycles. The molecule has 24 heavy (non-hydrogen) atoms. The molecule has 0 spiro atoms. The third-order valence-corrected chi connectivity index (χ3v) is 4.79. The average Bonchev–Trinajstić information content (AvgIpc) is 3.14. The first-order valence-electron chi connectivity index (χ1n) is 7.54. The second-order valence-corrected chi connectivity index (χ2v) is 6.78. The summed E-state index contributed by atoms with van der Waals surface area (Å²) >= 11 is 1.62. The number of anilines is 1. The molecule has 1 aromatic carbocycles. The highest BCUT2D eigenvalue weighted by molar-refractivity contribution is 7.12. The van der Waals surface area contributed by atoms with Gasteiger partial charge in [0, 0.05) is 25.3 Å². The third kappa shape index (κ3) is 4.86. The van der Waals surface area contributed by atoms with E-state index in [1.54, 1.807) is 11.3 Å². The molecule has 2 heterocycles. The normalized spacial score (nSPS) is 13.5. The zero-order valence-corrected chi connectivity index (χ0v) is 16.4. The minimum Gasteiger partial charge on any atom is -0.383 e. The lowest BCUT2D eigenvalue weighted by atomic mass is 10.1. The number of nitrogens with two attached hydrogens (primary N) is 1. The number of aliphatic imine (C=N–C) groups is 1. The molecule has 7 heteroatoms. The van der Waals surface area contributed by atoms with Crippen LogP contribution in [-0.2, 0) is 6.42 Å². The van der Waals surface area contributed by atoms with E-state index in [9.17, 15) is 0 Å². The van der Waals surface area contributed by atoms with Crippen molar-refractivity contribution in [1.29, 1.82) is 0 Å². The van der Waals surface area contributed by atoms with Gasteiger partial charge in [0.25, 0.3) is 0 Å². The van der Waals surface area contributed by atoms with Crippen molar-refractivity contribution in [2.24, 2.45) is 10.7 Å². The number of hydrogen-bond acceptors (Lipinski definition) is 4. The zero-order chi connectivity index (χ0) is 15.5. The fourth-order valence-electron chi connectivity index (χ4n) is 2.70. The van der Waals surface area contributed by atoms with Crippen molar-refractivity contribution < 1.29 is 0 Å². The van der Waals surface area contributed by atoms with E-state index in [2.05, 4.69) is 47.1 Å². The van der Waals surface area contributed by atoms with Gasteiger partial charge < -0.3 is 15.5 Å². The average molecular weight is 387 g/mol. The molecule has 1 aromatic heterocycles. The first-order chi connectivity index (χ1) is 10.6. The molecule has 3 rings (SSSR count). The van der Waals surface area contributed by atoms with E-state index in [-0.39, 0.29) is 24.8 Å². The van der Waals surface area contributed by atoms with Gasteiger partial charge in [-0.05, 0) is 55.7 Å². The monoisotopic (exact) mass is 386 g/mol. The molecular weight excluding hydrogens is 363 g/mol. The van der Waals surface area contributed by atoms with E-state index in [0.717, 1.165) is 36.6 Å². The lowest BCUT2D eigenvalue weighted by Crippen LogP contribution is -2.30. The van der Waals surface area contributed by atoms with Gasteiger partial charge in [-0.25, -0.2) is 4.99 Å². The number of rotatable bonds is 5. The second-order valence-electron chi connectivity index (χ2n) is 5.83. The smallest absolute Gasteiger partial charge is 0.141 e. The Morgan fingerprint density at radius 2 is 2.08 bits per heavy atom. The Balaban J connectivity index is 0.00000144. The Labute approximate surface area is 160 Å². The number of hydrogen-bond donors (Lipinski definition) is 1. The summed E-state index contributed by atoms with van der Waals surface area (Å²) in [7, 11) is 4.23. The predicted molar refractivity (Wildman–Crippen MR) is 110 cm³/mol. The number of thiophene rings is 1. The summed E-state index contributed by atoms with van der Waals surface area (Å²) in [6, 6.07) is 10.4. The molecule has 1 aliphatic heterocycles. The zero-order valence-electron chi connectivity index (χ0n) is 13.9. The molecular formula is C17H24Cl2N4S. The second kappa shape index (κ2) is 9.28. The van der Waals surface area contributed by atoms with Crippen LogP contribution in [0.3, 0.4) is 0 Å². The van der Waals surface area contributed by atoms with Crippen LogP contribution in [0.2, 0.25) is 0 Å². The van der Waals surface area contributed by atoms with E-state index in [0.29, 0.717) is 5.84 Å². The molecule has 1 aliphatic rings. The van der Waals surface area contributed by atoms with Gasteiger partial charge in [0.15, 0.2) is 0 Å². The molecule has 0 radical (unpaired) electrons. The van der Waals surface area contributed by atoms with Gasteiger partial charge >= 0.3 is 0 Å². The van der Waals surface area contributed by atoms with Gasteiger partial charge in [0.05, 0.1) is 10.6 Å². The maximum absolute atomic E-state index is 6.07. The minimum atomic E-state index is 0. The molecule has 0 unspecified atom stereocenters. The highest BCUT2D eigenvalue weighted by Crippen LogP contribution is 2.31. The SMILES string of the molecule is CN(C)CCN1CCc2cc(N=C(N)c3cccs3)ccc21.Cl.Cl. The largest absolute Gasteiger partial charge is 0.383 e. The summed E-state index contributed by atoms with van der Waals surface area (Å²) < 4.78 is 0. The number of fused-ring (bicyclic) bond motifs is 1. The van der Waals surface area contributed by atoms with Crippen LogP contribution in [0.25, 0.3) is 0 Å². The number of benzene rings is 1. The van der Waals surface area contributed by atoms with Crippen LogP contribution >= 0.6 is 36.2 Å². The molecule has 2 N–H and O–H groups in total. The molecule has 0 amide bonds. The molecule has 0 saturated heterocycles. The predicted octanol–water partition coefficient (Wildman–Crippen LogP) is 3.55. The standard InChI is InChI=1S/C17H22N4S.2ClH/c1-20(2)9-10-21-8-7-13-12-14(5-6-15(13)21)19-17(18)16-4-3-11-22-16;;/h3-6,11-12H,7-10H2,1-2H3,(H2,18,19);2*1H. The molecule has 0 bridgehead atoms. The molecule has 0 aliphatic carbocycles. The third-order valence-electron chi connectivity index (χ3n) is 3.90. The maximum Gasteiger partial charge on any atom is 0.141 e. The fraction of sp³-hybridized carbons (Fsp3) is 0.353. The van der Waals surface area contributed by atoms with Crippen LogP contribution in [0.15, 0.2) is 40.7 Å². The fourth-order valence-corrected chi connectivity index (χ4v) is 3.32. The van der Waals surface area contributed by atoms with E-state index in [1.165, 1.54) is 11.3 Å². The van der Waals surface area contributed by atoms with Crippen molar-refractivity contribution in [2.75, 3.05) is 38.6 Å². The van der Waals surface area contributed by atoms with Gasteiger partial charge in [0.1, 0.15) is 5.84 Å².